The van der Waals surface area contributed by atoms with Gasteiger partial charge in [-0.1, -0.05) is 30.0 Å². The monoisotopic (exact) mass is 395 g/mol. The lowest BCUT2D eigenvalue weighted by Gasteiger charge is -2.10. The maximum absolute atomic E-state index is 12.5. The van der Waals surface area contributed by atoms with Crippen LogP contribution in [0, 0.1) is 0 Å². The molecule has 3 aromatic rings. The average molecular weight is 395 g/mol. The summed E-state index contributed by atoms with van der Waals surface area (Å²) in [6.07, 6.45) is 1.78. The van der Waals surface area contributed by atoms with Crippen molar-refractivity contribution < 1.29 is 14.3 Å². The Morgan fingerprint density at radius 2 is 1.86 bits per heavy atom. The van der Waals surface area contributed by atoms with E-state index in [4.69, 9.17) is 9.47 Å². The molecule has 1 aromatic heterocycles. The first-order chi connectivity index (χ1) is 13.7. The number of carbonyl (C=O) groups is 1. The number of hydrogen-bond acceptors (Lipinski definition) is 6. The minimum atomic E-state index is 0.0136. The van der Waals surface area contributed by atoms with E-state index in [2.05, 4.69) is 16.8 Å². The highest BCUT2D eigenvalue weighted by Crippen LogP contribution is 2.31. The van der Waals surface area contributed by atoms with Crippen LogP contribution in [0.1, 0.15) is 10.4 Å². The van der Waals surface area contributed by atoms with E-state index in [-0.39, 0.29) is 11.5 Å². The van der Waals surface area contributed by atoms with Gasteiger partial charge in [-0.3, -0.25) is 9.36 Å². The van der Waals surface area contributed by atoms with Crippen LogP contribution in [-0.2, 0) is 6.54 Å². The van der Waals surface area contributed by atoms with Crippen LogP contribution in [0.3, 0.4) is 0 Å². The van der Waals surface area contributed by atoms with Crippen LogP contribution in [0.15, 0.2) is 66.3 Å². The molecule has 0 amide bonds. The third kappa shape index (κ3) is 4.26. The summed E-state index contributed by atoms with van der Waals surface area (Å²) in [6.45, 7) is 4.34. The number of ketones is 1. The molecule has 0 aliphatic rings. The van der Waals surface area contributed by atoms with E-state index in [1.54, 1.807) is 44.6 Å². The smallest absolute Gasteiger partial charge is 0.192 e. The topological polar surface area (TPSA) is 66.2 Å². The highest BCUT2D eigenvalue weighted by molar-refractivity contribution is 7.99. The number of ether oxygens (including phenoxy) is 2. The Bertz CT molecular complexity index is 967. The van der Waals surface area contributed by atoms with Gasteiger partial charge in [0.05, 0.1) is 25.5 Å². The van der Waals surface area contributed by atoms with Crippen LogP contribution in [0.5, 0.6) is 11.5 Å². The Hall–Kier alpha value is -3.06. The number of para-hydroxylation sites is 1. The Morgan fingerprint density at radius 1 is 1.11 bits per heavy atom. The number of benzene rings is 2. The first-order valence-electron chi connectivity index (χ1n) is 8.65. The maximum atomic E-state index is 12.5. The lowest BCUT2D eigenvalue weighted by Crippen LogP contribution is -2.05. The normalized spacial score (nSPS) is 10.5. The van der Waals surface area contributed by atoms with Crippen molar-refractivity contribution in [2.75, 3.05) is 20.0 Å². The molecule has 0 aliphatic carbocycles. The van der Waals surface area contributed by atoms with E-state index < -0.39 is 0 Å². The Morgan fingerprint density at radius 3 is 2.54 bits per heavy atom. The molecule has 144 valence electrons. The molecule has 0 radical (unpaired) electrons. The minimum absolute atomic E-state index is 0.0136. The zero-order valence-electron chi connectivity index (χ0n) is 15.8. The number of Topliss-reactive ketones (excluding diaryl/α,β-unsaturated/α-hetero) is 1. The van der Waals surface area contributed by atoms with Crippen LogP contribution in [0.2, 0.25) is 0 Å². The molecule has 0 saturated carbocycles. The number of hydrogen-bond donors (Lipinski definition) is 0. The first-order valence-corrected chi connectivity index (χ1v) is 9.64. The molecule has 0 bridgehead atoms. The van der Waals surface area contributed by atoms with E-state index in [9.17, 15) is 4.79 Å². The van der Waals surface area contributed by atoms with Gasteiger partial charge in [-0.05, 0) is 36.4 Å². The van der Waals surface area contributed by atoms with Crippen molar-refractivity contribution in [3.63, 3.8) is 0 Å². The van der Waals surface area contributed by atoms with Crippen LogP contribution >= 0.6 is 11.8 Å². The molecule has 0 fully saturated rings. The molecule has 0 N–H and O–H groups in total. The Balaban J connectivity index is 1.81. The van der Waals surface area contributed by atoms with E-state index in [0.717, 1.165) is 11.3 Å². The summed E-state index contributed by atoms with van der Waals surface area (Å²) < 4.78 is 12.5. The number of methoxy groups -OCH3 is 2. The summed E-state index contributed by atoms with van der Waals surface area (Å²) in [5, 5.41) is 9.26. The van der Waals surface area contributed by atoms with Crippen molar-refractivity contribution in [3.8, 4) is 22.9 Å². The average Bonchev–Trinajstić information content (AvgIpc) is 3.14. The molecular formula is C21H21N3O3S. The maximum Gasteiger partial charge on any atom is 0.192 e. The molecule has 3 rings (SSSR count). The molecule has 2 aromatic carbocycles. The standard InChI is InChI=1S/C21H21N3O3S/c1-4-13-24-20(17-7-5-6-8-19(17)27-3)22-23-21(24)28-14-18(25)15-9-11-16(26-2)12-10-15/h4-12H,1,13-14H2,2-3H3. The fourth-order valence-electron chi connectivity index (χ4n) is 2.71. The third-order valence-electron chi connectivity index (χ3n) is 4.12. The fraction of sp³-hybridized carbons (Fsp3) is 0.190. The highest BCUT2D eigenvalue weighted by atomic mass is 32.2. The molecule has 7 heteroatoms. The Kier molecular flexibility index (Phi) is 6.49. The predicted molar refractivity (Wildman–Crippen MR) is 110 cm³/mol. The van der Waals surface area contributed by atoms with Crippen LogP contribution < -0.4 is 9.47 Å². The number of carbonyl (C=O) groups excluding carboxylic acids is 1. The van der Waals surface area contributed by atoms with Gasteiger partial charge in [0.1, 0.15) is 11.5 Å². The molecule has 0 spiro atoms. The van der Waals surface area contributed by atoms with Crippen molar-refractivity contribution in [3.05, 3.63) is 66.7 Å². The SMILES string of the molecule is C=CCn1c(SCC(=O)c2ccc(OC)cc2)nnc1-c1ccccc1OC. The molecule has 28 heavy (non-hydrogen) atoms. The van der Waals surface area contributed by atoms with E-state index in [1.165, 1.54) is 11.8 Å². The van der Waals surface area contributed by atoms with E-state index in [1.807, 2.05) is 28.8 Å². The quantitative estimate of drug-likeness (QED) is 0.308. The number of nitrogens with zero attached hydrogens (tertiary/aromatic N) is 3. The number of aromatic nitrogens is 3. The van der Waals surface area contributed by atoms with Crippen molar-refractivity contribution in [1.29, 1.82) is 0 Å². The summed E-state index contributed by atoms with van der Waals surface area (Å²) in [5.74, 6) is 2.38. The summed E-state index contributed by atoms with van der Waals surface area (Å²) in [7, 11) is 3.22. The zero-order chi connectivity index (χ0) is 19.9. The zero-order valence-corrected chi connectivity index (χ0v) is 16.6. The van der Waals surface area contributed by atoms with Crippen LogP contribution in [0.25, 0.3) is 11.4 Å². The van der Waals surface area contributed by atoms with Crippen molar-refractivity contribution in [2.45, 2.75) is 11.7 Å². The predicted octanol–water partition coefficient (Wildman–Crippen LogP) is 4.12. The van der Waals surface area contributed by atoms with Crippen molar-refractivity contribution >= 4 is 17.5 Å². The van der Waals surface area contributed by atoms with Gasteiger partial charge in [0.2, 0.25) is 0 Å². The number of thioether (sulfide) groups is 1. The van der Waals surface area contributed by atoms with Gasteiger partial charge < -0.3 is 9.47 Å². The lowest BCUT2D eigenvalue weighted by atomic mass is 10.1. The summed E-state index contributed by atoms with van der Waals surface area (Å²) >= 11 is 1.35. The van der Waals surface area contributed by atoms with Crippen molar-refractivity contribution in [2.24, 2.45) is 0 Å². The van der Waals surface area contributed by atoms with E-state index >= 15 is 0 Å². The fourth-order valence-corrected chi connectivity index (χ4v) is 3.55. The largest absolute Gasteiger partial charge is 0.497 e. The minimum Gasteiger partial charge on any atom is -0.497 e. The third-order valence-corrected chi connectivity index (χ3v) is 5.09. The van der Waals surface area contributed by atoms with Gasteiger partial charge in [0.25, 0.3) is 0 Å². The van der Waals surface area contributed by atoms with Gasteiger partial charge in [0, 0.05) is 12.1 Å². The molecule has 0 saturated heterocycles. The van der Waals surface area contributed by atoms with E-state index in [0.29, 0.717) is 28.8 Å². The highest BCUT2D eigenvalue weighted by Gasteiger charge is 2.18. The lowest BCUT2D eigenvalue weighted by molar-refractivity contribution is 0.102. The molecular weight excluding hydrogens is 374 g/mol. The summed E-state index contributed by atoms with van der Waals surface area (Å²) in [4.78, 5) is 12.5. The molecule has 1 heterocycles. The van der Waals surface area contributed by atoms with Gasteiger partial charge in [0.15, 0.2) is 16.8 Å². The second-order valence-corrected chi connectivity index (χ2v) is 6.79. The number of rotatable bonds is 9. The molecule has 0 aliphatic heterocycles. The second-order valence-electron chi connectivity index (χ2n) is 5.85. The number of allylic oxidation sites excluding steroid dienone is 1. The van der Waals surface area contributed by atoms with Crippen molar-refractivity contribution in [1.82, 2.24) is 14.8 Å². The van der Waals surface area contributed by atoms with Gasteiger partial charge in [-0.2, -0.15) is 0 Å². The van der Waals surface area contributed by atoms with Crippen LogP contribution in [0.4, 0.5) is 0 Å². The summed E-state index contributed by atoms with van der Waals surface area (Å²) in [5.41, 5.74) is 1.47. The Labute approximate surface area is 168 Å². The molecule has 0 atom stereocenters. The van der Waals surface area contributed by atoms with Gasteiger partial charge >= 0.3 is 0 Å². The molecule has 0 unspecified atom stereocenters. The van der Waals surface area contributed by atoms with Crippen LogP contribution in [-0.4, -0.2) is 40.5 Å². The first kappa shape index (κ1) is 19.7. The molecule has 6 nitrogen and oxygen atoms in total. The summed E-state index contributed by atoms with van der Waals surface area (Å²) in [6, 6.07) is 14.7. The second kappa shape index (κ2) is 9.23. The van der Waals surface area contributed by atoms with Gasteiger partial charge in [-0.25, -0.2) is 0 Å². The van der Waals surface area contributed by atoms with Gasteiger partial charge in [-0.15, -0.1) is 16.8 Å².